The zero-order valence-electron chi connectivity index (χ0n) is 15.2. The normalized spacial score (nSPS) is 11.4. The van der Waals surface area contributed by atoms with E-state index in [2.05, 4.69) is 25.1 Å². The second-order valence-electron chi connectivity index (χ2n) is 6.98. The average molecular weight is 353 g/mol. The minimum atomic E-state index is 0.871. The molecule has 2 aromatic carbocycles. The molecule has 0 radical (unpaired) electrons. The van der Waals surface area contributed by atoms with Crippen LogP contribution in [0.4, 0.5) is 0 Å². The number of fused-ring (bicyclic) bond motifs is 2. The molecule has 0 unspecified atom stereocenters. The van der Waals surface area contributed by atoms with E-state index >= 15 is 0 Å². The maximum atomic E-state index is 6.01. The van der Waals surface area contributed by atoms with Crippen molar-refractivity contribution < 1.29 is 4.42 Å². The lowest BCUT2D eigenvalue weighted by atomic mass is 10.0. The van der Waals surface area contributed by atoms with E-state index in [-0.39, 0.29) is 0 Å². The number of unbranched alkanes of at least 4 members (excludes halogenated alkanes) is 7. The van der Waals surface area contributed by atoms with E-state index in [9.17, 15) is 0 Å². The average Bonchev–Trinajstić information content (AvgIpc) is 2.64. The van der Waals surface area contributed by atoms with Crippen LogP contribution in [0.2, 0.25) is 0 Å². The van der Waals surface area contributed by atoms with Crippen molar-refractivity contribution in [2.75, 3.05) is 0 Å². The first kappa shape index (κ1) is 18.1. The van der Waals surface area contributed by atoms with Crippen molar-refractivity contribution in [3.63, 3.8) is 0 Å². The van der Waals surface area contributed by atoms with Crippen molar-refractivity contribution in [2.24, 2.45) is 0 Å². The maximum Gasteiger partial charge on any atom is 0.136 e. The lowest BCUT2D eigenvalue weighted by molar-refractivity contribution is 0.575. The molecule has 1 nitrogen and oxygen atoms in total. The number of hydrogen-bond acceptors (Lipinski definition) is 2. The maximum absolute atomic E-state index is 6.01. The van der Waals surface area contributed by atoms with Crippen LogP contribution >= 0.6 is 12.2 Å². The van der Waals surface area contributed by atoms with Gasteiger partial charge in [-0.15, -0.1) is 0 Å². The van der Waals surface area contributed by atoms with Gasteiger partial charge in [-0.05, 0) is 42.7 Å². The molecular weight excluding hydrogens is 324 g/mol. The summed E-state index contributed by atoms with van der Waals surface area (Å²) in [5, 5.41) is 2.11. The quantitative estimate of drug-likeness (QED) is 0.220. The summed E-state index contributed by atoms with van der Waals surface area (Å²) in [6.45, 7) is 2.27. The molecule has 0 aliphatic heterocycles. The van der Waals surface area contributed by atoms with Gasteiger partial charge in [0.25, 0.3) is 0 Å². The molecule has 0 N–H and O–H groups in total. The molecule has 1 heterocycles. The topological polar surface area (TPSA) is 13.1 Å². The van der Waals surface area contributed by atoms with Crippen LogP contribution in [-0.4, -0.2) is 0 Å². The Kier molecular flexibility index (Phi) is 6.63. The van der Waals surface area contributed by atoms with E-state index < -0.39 is 0 Å². The summed E-state index contributed by atoms with van der Waals surface area (Å²) >= 11 is 5.70. The Morgan fingerprint density at radius 1 is 0.760 bits per heavy atom. The number of aryl methyl sites for hydroxylation is 1. The third kappa shape index (κ3) is 4.70. The van der Waals surface area contributed by atoms with Crippen LogP contribution in [0.5, 0.6) is 0 Å². The highest BCUT2D eigenvalue weighted by Crippen LogP contribution is 2.26. The van der Waals surface area contributed by atoms with Gasteiger partial charge in [-0.2, -0.15) is 0 Å². The molecule has 2 heteroatoms. The molecule has 0 saturated heterocycles. The van der Waals surface area contributed by atoms with Crippen molar-refractivity contribution in [3.8, 4) is 0 Å². The number of rotatable bonds is 9. The Morgan fingerprint density at radius 2 is 1.44 bits per heavy atom. The fourth-order valence-electron chi connectivity index (χ4n) is 3.47. The summed E-state index contributed by atoms with van der Waals surface area (Å²) in [4.78, 5) is 0. The van der Waals surface area contributed by atoms with E-state index in [0.717, 1.165) is 32.9 Å². The molecule has 132 valence electrons. The minimum Gasteiger partial charge on any atom is -0.456 e. The summed E-state index contributed by atoms with van der Waals surface area (Å²) in [6.07, 6.45) is 12.0. The molecule has 0 amide bonds. The Morgan fingerprint density at radius 3 is 2.24 bits per heavy atom. The van der Waals surface area contributed by atoms with Gasteiger partial charge in [-0.1, -0.05) is 82.3 Å². The molecule has 3 rings (SSSR count). The molecule has 0 bridgehead atoms. The predicted octanol–water partition coefficient (Wildman–Crippen LogP) is 8.00. The molecule has 0 fully saturated rings. The third-order valence-corrected chi connectivity index (χ3v) is 5.40. The van der Waals surface area contributed by atoms with Crippen LogP contribution in [-0.2, 0) is 6.42 Å². The first-order valence-electron chi connectivity index (χ1n) is 9.74. The van der Waals surface area contributed by atoms with Gasteiger partial charge in [0.2, 0.25) is 0 Å². The van der Waals surface area contributed by atoms with E-state index in [0.29, 0.717) is 0 Å². The molecular formula is C23H28OS. The zero-order chi connectivity index (χ0) is 17.5. The van der Waals surface area contributed by atoms with Gasteiger partial charge in [0.1, 0.15) is 11.2 Å². The monoisotopic (exact) mass is 352 g/mol. The fourth-order valence-corrected chi connectivity index (χ4v) is 3.80. The lowest BCUT2D eigenvalue weighted by Gasteiger charge is -2.06. The van der Waals surface area contributed by atoms with Crippen LogP contribution in [0.25, 0.3) is 21.9 Å². The standard InChI is InChI=1S/C23H28OS/c1-2-3-4-5-6-7-8-9-12-18-15-16-22-20(17-18)23(25)19-13-10-11-14-21(19)24-22/h10-11,13-17H,2-9,12H2,1H3. The highest BCUT2D eigenvalue weighted by atomic mass is 32.1. The summed E-state index contributed by atoms with van der Waals surface area (Å²) in [5.41, 5.74) is 3.13. The van der Waals surface area contributed by atoms with Gasteiger partial charge in [0.15, 0.2) is 0 Å². The van der Waals surface area contributed by atoms with Gasteiger partial charge in [0, 0.05) is 10.8 Å². The zero-order valence-corrected chi connectivity index (χ0v) is 16.0. The number of benzene rings is 2. The number of para-hydroxylation sites is 1. The first-order chi connectivity index (χ1) is 12.3. The van der Waals surface area contributed by atoms with E-state index in [4.69, 9.17) is 16.6 Å². The van der Waals surface area contributed by atoms with Crippen molar-refractivity contribution in [1.29, 1.82) is 0 Å². The molecule has 25 heavy (non-hydrogen) atoms. The summed E-state index contributed by atoms with van der Waals surface area (Å²) < 4.78 is 6.92. The van der Waals surface area contributed by atoms with Crippen LogP contribution in [0.1, 0.15) is 63.9 Å². The van der Waals surface area contributed by atoms with Crippen molar-refractivity contribution in [3.05, 3.63) is 52.5 Å². The molecule has 0 saturated carbocycles. The smallest absolute Gasteiger partial charge is 0.136 e. The Balaban J connectivity index is 1.61. The molecule has 1 aromatic heterocycles. The van der Waals surface area contributed by atoms with Crippen LogP contribution in [0, 0.1) is 4.51 Å². The molecule has 0 aliphatic rings. The predicted molar refractivity (Wildman–Crippen MR) is 111 cm³/mol. The van der Waals surface area contributed by atoms with Crippen LogP contribution in [0.3, 0.4) is 0 Å². The second kappa shape index (κ2) is 9.15. The largest absolute Gasteiger partial charge is 0.456 e. The van der Waals surface area contributed by atoms with Crippen LogP contribution in [0.15, 0.2) is 46.9 Å². The second-order valence-corrected chi connectivity index (χ2v) is 7.39. The minimum absolute atomic E-state index is 0.871. The van der Waals surface area contributed by atoms with E-state index in [1.807, 2.05) is 24.3 Å². The highest BCUT2D eigenvalue weighted by molar-refractivity contribution is 7.72. The van der Waals surface area contributed by atoms with Gasteiger partial charge in [0.05, 0.1) is 4.51 Å². The summed E-state index contributed by atoms with van der Waals surface area (Å²) in [6, 6.07) is 14.5. The Labute approximate surface area is 156 Å². The molecule has 0 aliphatic carbocycles. The van der Waals surface area contributed by atoms with E-state index in [1.165, 1.54) is 56.9 Å². The molecule has 0 atom stereocenters. The van der Waals surface area contributed by atoms with Crippen molar-refractivity contribution in [1.82, 2.24) is 0 Å². The first-order valence-corrected chi connectivity index (χ1v) is 10.1. The summed E-state index contributed by atoms with van der Waals surface area (Å²) in [7, 11) is 0. The molecule has 3 aromatic rings. The van der Waals surface area contributed by atoms with Gasteiger partial charge >= 0.3 is 0 Å². The van der Waals surface area contributed by atoms with Crippen molar-refractivity contribution in [2.45, 2.75) is 64.7 Å². The Hall–Kier alpha value is -1.67. The van der Waals surface area contributed by atoms with Gasteiger partial charge < -0.3 is 4.42 Å². The van der Waals surface area contributed by atoms with Crippen molar-refractivity contribution >= 4 is 34.2 Å². The van der Waals surface area contributed by atoms with Gasteiger partial charge in [-0.3, -0.25) is 0 Å². The number of hydrogen-bond donors (Lipinski definition) is 0. The summed E-state index contributed by atoms with van der Waals surface area (Å²) in [5.74, 6) is 0. The lowest BCUT2D eigenvalue weighted by Crippen LogP contribution is -1.88. The van der Waals surface area contributed by atoms with Gasteiger partial charge in [-0.25, -0.2) is 0 Å². The highest BCUT2D eigenvalue weighted by Gasteiger charge is 2.05. The fraction of sp³-hybridized carbons (Fsp3) is 0.435. The Bertz CT molecular complexity index is 878. The molecule has 0 spiro atoms. The third-order valence-electron chi connectivity index (χ3n) is 4.96. The van der Waals surface area contributed by atoms with Crippen LogP contribution < -0.4 is 0 Å². The van der Waals surface area contributed by atoms with E-state index in [1.54, 1.807) is 0 Å². The SMILES string of the molecule is CCCCCCCCCCc1ccc2oc3ccccc3c(=S)c2c1.